The maximum absolute atomic E-state index is 6.02. The number of benzene rings is 1. The van der Waals surface area contributed by atoms with E-state index in [1.54, 1.807) is 0 Å². The first-order chi connectivity index (χ1) is 9.06. The summed E-state index contributed by atoms with van der Waals surface area (Å²) < 4.78 is 2.11. The van der Waals surface area contributed by atoms with Crippen molar-refractivity contribution in [1.82, 2.24) is 9.97 Å². The Bertz CT molecular complexity index is 653. The Morgan fingerprint density at radius 1 is 1.32 bits per heavy atom. The third kappa shape index (κ3) is 2.63. The van der Waals surface area contributed by atoms with Crippen LogP contribution in [0.25, 0.3) is 11.4 Å². The fraction of sp³-hybridized carbons (Fsp3) is 0.286. The number of rotatable bonds is 2. The fourth-order valence-corrected chi connectivity index (χ4v) is 2.95. The Morgan fingerprint density at radius 2 is 2.05 bits per heavy atom. The minimum Gasteiger partial charge on any atom is -0.383 e. The Kier molecular flexibility index (Phi) is 3.51. The molecule has 0 unspecified atom stereocenters. The molecule has 1 saturated carbocycles. The molecular formula is C14H13BrIN3. The lowest BCUT2D eigenvalue weighted by Gasteiger charge is -2.09. The highest BCUT2D eigenvalue weighted by Gasteiger charge is 2.29. The molecule has 2 aromatic rings. The van der Waals surface area contributed by atoms with E-state index >= 15 is 0 Å². The average molecular weight is 430 g/mol. The number of hydrogen-bond acceptors (Lipinski definition) is 3. The Morgan fingerprint density at radius 3 is 2.68 bits per heavy atom. The number of aromatic nitrogens is 2. The molecule has 1 aromatic heterocycles. The van der Waals surface area contributed by atoms with Gasteiger partial charge in [0.25, 0.3) is 0 Å². The highest BCUT2D eigenvalue weighted by Crippen LogP contribution is 2.42. The van der Waals surface area contributed by atoms with E-state index in [2.05, 4.69) is 56.5 Å². The Balaban J connectivity index is 2.11. The van der Waals surface area contributed by atoms with Gasteiger partial charge in [0.1, 0.15) is 5.82 Å². The van der Waals surface area contributed by atoms with Gasteiger partial charge in [0.2, 0.25) is 0 Å². The molecule has 2 N–H and O–H groups in total. The van der Waals surface area contributed by atoms with Gasteiger partial charge in [0.05, 0.1) is 9.26 Å². The van der Waals surface area contributed by atoms with Gasteiger partial charge in [-0.05, 0) is 60.1 Å². The van der Waals surface area contributed by atoms with Crippen molar-refractivity contribution in [3.05, 3.63) is 37.5 Å². The third-order valence-electron chi connectivity index (χ3n) is 3.28. The second-order valence-electron chi connectivity index (χ2n) is 4.87. The van der Waals surface area contributed by atoms with Gasteiger partial charge < -0.3 is 5.73 Å². The van der Waals surface area contributed by atoms with Crippen LogP contribution in [0.1, 0.15) is 30.0 Å². The molecule has 0 bridgehead atoms. The molecule has 0 saturated heterocycles. The third-order valence-corrected chi connectivity index (χ3v) is 5.28. The van der Waals surface area contributed by atoms with E-state index < -0.39 is 0 Å². The molecule has 1 heterocycles. The van der Waals surface area contributed by atoms with Crippen LogP contribution in [-0.2, 0) is 0 Å². The predicted octanol–water partition coefficient (Wildman–Crippen LogP) is 4.28. The molecule has 1 aliphatic rings. The van der Waals surface area contributed by atoms with Gasteiger partial charge in [-0.2, -0.15) is 0 Å². The zero-order valence-corrected chi connectivity index (χ0v) is 14.2. The number of nitrogen functional groups attached to an aromatic ring is 1. The molecule has 5 heteroatoms. The van der Waals surface area contributed by atoms with Gasteiger partial charge in [-0.1, -0.05) is 22.0 Å². The topological polar surface area (TPSA) is 51.8 Å². The lowest BCUT2D eigenvalue weighted by molar-refractivity contribution is 0.982. The van der Waals surface area contributed by atoms with Gasteiger partial charge in [0.15, 0.2) is 5.82 Å². The molecule has 98 valence electrons. The molecule has 19 heavy (non-hydrogen) atoms. The SMILES string of the molecule is Cc1cc(-c2nc(N)c(I)c(C3CC3)n2)ccc1Br. The smallest absolute Gasteiger partial charge is 0.161 e. The maximum atomic E-state index is 6.02. The highest BCUT2D eigenvalue weighted by molar-refractivity contribution is 14.1. The normalized spacial score (nSPS) is 14.7. The first kappa shape index (κ1) is 13.3. The zero-order chi connectivity index (χ0) is 13.6. The standard InChI is InChI=1S/C14H13BrIN3/c1-7-6-9(4-5-10(7)15)14-18-12(8-2-3-8)11(16)13(17)19-14/h4-6,8H,2-3H2,1H3,(H2,17,18,19). The summed E-state index contributed by atoms with van der Waals surface area (Å²) in [5.41, 5.74) is 9.33. The summed E-state index contributed by atoms with van der Waals surface area (Å²) in [6.07, 6.45) is 2.43. The number of nitrogens with two attached hydrogens (primary N) is 1. The summed E-state index contributed by atoms with van der Waals surface area (Å²) in [7, 11) is 0. The van der Waals surface area contributed by atoms with Crippen LogP contribution in [-0.4, -0.2) is 9.97 Å². The lowest BCUT2D eigenvalue weighted by atomic mass is 10.1. The lowest BCUT2D eigenvalue weighted by Crippen LogP contribution is -2.04. The Hall–Kier alpha value is -0.690. The van der Waals surface area contributed by atoms with Crippen LogP contribution in [0.4, 0.5) is 5.82 Å². The molecule has 1 fully saturated rings. The van der Waals surface area contributed by atoms with Crippen LogP contribution in [0.5, 0.6) is 0 Å². The molecule has 0 amide bonds. The highest BCUT2D eigenvalue weighted by atomic mass is 127. The van der Waals surface area contributed by atoms with E-state index in [1.807, 2.05) is 12.1 Å². The largest absolute Gasteiger partial charge is 0.383 e. The molecule has 0 aliphatic heterocycles. The van der Waals surface area contributed by atoms with Gasteiger partial charge in [-0.25, -0.2) is 9.97 Å². The predicted molar refractivity (Wildman–Crippen MR) is 89.0 cm³/mol. The average Bonchev–Trinajstić information content (AvgIpc) is 3.20. The van der Waals surface area contributed by atoms with E-state index in [1.165, 1.54) is 18.4 Å². The minimum atomic E-state index is 0.576. The molecular weight excluding hydrogens is 417 g/mol. The molecule has 1 aliphatic carbocycles. The summed E-state index contributed by atoms with van der Waals surface area (Å²) in [5.74, 6) is 1.90. The summed E-state index contributed by atoms with van der Waals surface area (Å²) in [5, 5.41) is 0. The van der Waals surface area contributed by atoms with Crippen molar-refractivity contribution in [1.29, 1.82) is 0 Å². The van der Waals surface area contributed by atoms with Crippen molar-refractivity contribution in [3.8, 4) is 11.4 Å². The van der Waals surface area contributed by atoms with Crippen LogP contribution in [0.3, 0.4) is 0 Å². The van der Waals surface area contributed by atoms with E-state index in [9.17, 15) is 0 Å². The van der Waals surface area contributed by atoms with E-state index in [0.717, 1.165) is 25.1 Å². The minimum absolute atomic E-state index is 0.576. The number of nitrogens with zero attached hydrogens (tertiary/aromatic N) is 2. The van der Waals surface area contributed by atoms with E-state index in [0.29, 0.717) is 11.7 Å². The number of hydrogen-bond donors (Lipinski definition) is 1. The van der Waals surface area contributed by atoms with E-state index in [-0.39, 0.29) is 0 Å². The van der Waals surface area contributed by atoms with Crippen molar-refractivity contribution in [2.24, 2.45) is 0 Å². The molecule has 0 spiro atoms. The monoisotopic (exact) mass is 429 g/mol. The van der Waals surface area contributed by atoms with Gasteiger partial charge >= 0.3 is 0 Å². The van der Waals surface area contributed by atoms with Crippen molar-refractivity contribution in [2.45, 2.75) is 25.7 Å². The van der Waals surface area contributed by atoms with Crippen LogP contribution in [0.15, 0.2) is 22.7 Å². The maximum Gasteiger partial charge on any atom is 0.161 e. The quantitative estimate of drug-likeness (QED) is 0.725. The summed E-state index contributed by atoms with van der Waals surface area (Å²) in [4.78, 5) is 9.15. The summed E-state index contributed by atoms with van der Waals surface area (Å²) >= 11 is 5.76. The van der Waals surface area contributed by atoms with Crippen molar-refractivity contribution in [2.75, 3.05) is 5.73 Å². The van der Waals surface area contributed by atoms with Crippen LogP contribution in [0, 0.1) is 10.5 Å². The van der Waals surface area contributed by atoms with Crippen LogP contribution >= 0.6 is 38.5 Å². The van der Waals surface area contributed by atoms with Crippen molar-refractivity contribution >= 4 is 44.3 Å². The number of anilines is 1. The van der Waals surface area contributed by atoms with Gasteiger partial charge in [-0.3, -0.25) is 0 Å². The molecule has 3 rings (SSSR count). The first-order valence-corrected chi connectivity index (χ1v) is 8.03. The zero-order valence-electron chi connectivity index (χ0n) is 10.5. The second-order valence-corrected chi connectivity index (χ2v) is 6.80. The summed E-state index contributed by atoms with van der Waals surface area (Å²) in [6.45, 7) is 2.06. The van der Waals surface area contributed by atoms with Crippen molar-refractivity contribution < 1.29 is 0 Å². The molecule has 1 aromatic carbocycles. The number of aryl methyl sites for hydroxylation is 1. The second kappa shape index (κ2) is 5.01. The van der Waals surface area contributed by atoms with Crippen molar-refractivity contribution in [3.63, 3.8) is 0 Å². The van der Waals surface area contributed by atoms with Gasteiger partial charge in [-0.15, -0.1) is 0 Å². The fourth-order valence-electron chi connectivity index (χ4n) is 2.02. The Labute approximate surface area is 134 Å². The van der Waals surface area contributed by atoms with Crippen LogP contribution < -0.4 is 5.73 Å². The van der Waals surface area contributed by atoms with E-state index in [4.69, 9.17) is 10.7 Å². The van der Waals surface area contributed by atoms with Gasteiger partial charge in [0, 0.05) is 16.0 Å². The summed E-state index contributed by atoms with van der Waals surface area (Å²) in [6, 6.07) is 6.14. The molecule has 0 atom stereocenters. The number of halogens is 2. The first-order valence-electron chi connectivity index (χ1n) is 6.15. The van der Waals surface area contributed by atoms with Crippen LogP contribution in [0.2, 0.25) is 0 Å². The molecule has 3 nitrogen and oxygen atoms in total. The molecule has 0 radical (unpaired) electrons.